The van der Waals surface area contributed by atoms with Crippen molar-refractivity contribution in [3.63, 3.8) is 0 Å². The Balaban J connectivity index is 5.24. The van der Waals surface area contributed by atoms with Gasteiger partial charge in [0.25, 0.3) is 0 Å². The first-order valence-corrected chi connectivity index (χ1v) is 41.7. The highest BCUT2D eigenvalue weighted by atomic mass is 31.2. The third kappa shape index (κ3) is 67.3. The lowest BCUT2D eigenvalue weighted by atomic mass is 9.99. The Kier molecular flexibility index (Phi) is 63.1. The van der Waals surface area contributed by atoms with Crippen molar-refractivity contribution in [2.24, 2.45) is 23.7 Å². The van der Waals surface area contributed by atoms with E-state index >= 15 is 0 Å². The first kappa shape index (κ1) is 92.1. The van der Waals surface area contributed by atoms with Gasteiger partial charge < -0.3 is 33.8 Å². The molecule has 0 aliphatic carbocycles. The maximum Gasteiger partial charge on any atom is 0.472 e. The lowest BCUT2D eigenvalue weighted by Crippen LogP contribution is -2.30. The quantitative estimate of drug-likeness (QED) is 0.0222. The summed E-state index contributed by atoms with van der Waals surface area (Å²) in [7, 11) is -9.91. The lowest BCUT2D eigenvalue weighted by molar-refractivity contribution is -0.161. The molecule has 0 bridgehead atoms. The molecule has 17 nitrogen and oxygen atoms in total. The number of ether oxygens (including phenoxy) is 4. The monoisotopic (exact) mass is 1380 g/mol. The van der Waals surface area contributed by atoms with E-state index in [4.69, 9.17) is 37.0 Å². The highest BCUT2D eigenvalue weighted by Crippen LogP contribution is 2.45. The van der Waals surface area contributed by atoms with Crippen LogP contribution in [0.25, 0.3) is 0 Å². The average Bonchev–Trinajstić information content (AvgIpc) is 1.16. The van der Waals surface area contributed by atoms with Gasteiger partial charge in [-0.25, -0.2) is 9.13 Å². The minimum atomic E-state index is -4.96. The van der Waals surface area contributed by atoms with E-state index in [0.717, 1.165) is 114 Å². The number of aliphatic hydroxyl groups excluding tert-OH is 1. The van der Waals surface area contributed by atoms with Gasteiger partial charge in [-0.1, -0.05) is 325 Å². The molecular weight excluding hydrogens is 1230 g/mol. The molecule has 94 heavy (non-hydrogen) atoms. The van der Waals surface area contributed by atoms with Crippen molar-refractivity contribution in [2.45, 2.75) is 395 Å². The molecule has 0 radical (unpaired) electrons. The topological polar surface area (TPSA) is 237 Å². The number of esters is 4. The van der Waals surface area contributed by atoms with Crippen LogP contribution in [0.3, 0.4) is 0 Å². The number of unbranched alkanes of at least 4 members (excludes halogenated alkanes) is 37. The predicted molar refractivity (Wildman–Crippen MR) is 381 cm³/mol. The Morgan fingerprint density at radius 1 is 0.298 bits per heavy atom. The molecule has 19 heteroatoms. The molecule has 4 unspecified atom stereocenters. The van der Waals surface area contributed by atoms with Crippen LogP contribution in [0.15, 0.2) is 0 Å². The second kappa shape index (κ2) is 64.4. The first-order chi connectivity index (χ1) is 45.1. The third-order valence-corrected chi connectivity index (χ3v) is 19.6. The molecule has 0 spiro atoms. The number of carbonyl (C=O) groups excluding carboxylic acids is 4. The molecule has 0 rings (SSSR count). The van der Waals surface area contributed by atoms with Crippen molar-refractivity contribution in [1.82, 2.24) is 0 Å². The molecule has 0 heterocycles. The fraction of sp³-hybridized carbons (Fsp3) is 0.947. The maximum atomic E-state index is 13.1. The Morgan fingerprint density at radius 3 is 0.755 bits per heavy atom. The SMILES string of the molecule is CCC(C)CCCCCCCCCCCCCCCCC(=O)O[C@H](COC(=O)CCCCCCCCCCCC(C)C)COP(=O)(O)OCC(O)COP(=O)(O)OC[C@@H](COC(=O)CCCCCCCCCC(C)C)OC(=O)CCCCCCCCCCCCCC(C)C. The highest BCUT2D eigenvalue weighted by molar-refractivity contribution is 7.47. The molecule has 3 N–H and O–H groups in total. The van der Waals surface area contributed by atoms with Crippen molar-refractivity contribution >= 4 is 39.5 Å². The number of aliphatic hydroxyl groups is 1. The van der Waals surface area contributed by atoms with E-state index < -0.39 is 97.5 Å². The zero-order chi connectivity index (χ0) is 69.6. The van der Waals surface area contributed by atoms with Gasteiger partial charge in [-0.15, -0.1) is 0 Å². The molecule has 0 aromatic heterocycles. The second-order valence-electron chi connectivity index (χ2n) is 28.7. The largest absolute Gasteiger partial charge is 0.472 e. The van der Waals surface area contributed by atoms with Gasteiger partial charge in [0.15, 0.2) is 12.2 Å². The van der Waals surface area contributed by atoms with Crippen LogP contribution in [0.1, 0.15) is 376 Å². The van der Waals surface area contributed by atoms with Crippen molar-refractivity contribution in [3.8, 4) is 0 Å². The number of carbonyl (C=O) groups is 4. The van der Waals surface area contributed by atoms with E-state index in [-0.39, 0.29) is 25.7 Å². The van der Waals surface area contributed by atoms with Crippen LogP contribution >= 0.6 is 15.6 Å². The number of phosphoric acid groups is 2. The number of phosphoric ester groups is 2. The first-order valence-electron chi connectivity index (χ1n) is 38.7. The van der Waals surface area contributed by atoms with Gasteiger partial charge in [-0.05, 0) is 49.4 Å². The lowest BCUT2D eigenvalue weighted by Gasteiger charge is -2.21. The van der Waals surface area contributed by atoms with Crippen molar-refractivity contribution in [1.29, 1.82) is 0 Å². The van der Waals surface area contributed by atoms with Crippen LogP contribution in [-0.2, 0) is 65.4 Å². The second-order valence-corrected chi connectivity index (χ2v) is 31.6. The van der Waals surface area contributed by atoms with Crippen LogP contribution in [0, 0.1) is 23.7 Å². The molecule has 0 aliphatic rings. The van der Waals surface area contributed by atoms with E-state index in [1.54, 1.807) is 0 Å². The van der Waals surface area contributed by atoms with Crippen molar-refractivity contribution < 1.29 is 80.2 Å². The summed E-state index contributed by atoms with van der Waals surface area (Å²) in [4.78, 5) is 72.8. The van der Waals surface area contributed by atoms with Gasteiger partial charge in [0.1, 0.15) is 19.3 Å². The summed E-state index contributed by atoms with van der Waals surface area (Å²) in [5, 5.41) is 10.6. The van der Waals surface area contributed by atoms with Crippen molar-refractivity contribution in [2.75, 3.05) is 39.6 Å². The van der Waals surface area contributed by atoms with Crippen LogP contribution < -0.4 is 0 Å². The molecule has 0 saturated heterocycles. The minimum absolute atomic E-state index is 0.105. The molecular formula is C75H146O17P2. The fourth-order valence-electron chi connectivity index (χ4n) is 11.3. The Bertz CT molecular complexity index is 1850. The van der Waals surface area contributed by atoms with Crippen LogP contribution in [0.5, 0.6) is 0 Å². The summed E-state index contributed by atoms with van der Waals surface area (Å²) in [5.41, 5.74) is 0. The van der Waals surface area contributed by atoms with E-state index in [1.807, 2.05) is 0 Å². The van der Waals surface area contributed by atoms with Gasteiger partial charge >= 0.3 is 39.5 Å². The Hall–Kier alpha value is -1.94. The van der Waals surface area contributed by atoms with Gasteiger partial charge in [0.2, 0.25) is 0 Å². The fourth-order valence-corrected chi connectivity index (χ4v) is 12.9. The van der Waals surface area contributed by atoms with Crippen LogP contribution in [-0.4, -0.2) is 96.7 Å². The summed E-state index contributed by atoms with van der Waals surface area (Å²) in [6, 6.07) is 0. The summed E-state index contributed by atoms with van der Waals surface area (Å²) in [5.74, 6) is 0.937. The minimum Gasteiger partial charge on any atom is -0.462 e. The third-order valence-electron chi connectivity index (χ3n) is 17.7. The summed E-state index contributed by atoms with van der Waals surface area (Å²) >= 11 is 0. The van der Waals surface area contributed by atoms with E-state index in [9.17, 15) is 43.2 Å². The van der Waals surface area contributed by atoms with Crippen LogP contribution in [0.4, 0.5) is 0 Å². The van der Waals surface area contributed by atoms with Gasteiger partial charge in [-0.3, -0.25) is 37.3 Å². The number of hydrogen-bond donors (Lipinski definition) is 3. The summed E-state index contributed by atoms with van der Waals surface area (Å²) in [6.07, 6.45) is 48.6. The molecule has 0 aliphatic heterocycles. The average molecular weight is 1380 g/mol. The predicted octanol–water partition coefficient (Wildman–Crippen LogP) is 21.7. The van der Waals surface area contributed by atoms with Crippen LogP contribution in [0.2, 0.25) is 0 Å². The Labute approximate surface area is 575 Å². The summed E-state index contributed by atoms with van der Waals surface area (Å²) < 4.78 is 68.5. The van der Waals surface area contributed by atoms with Gasteiger partial charge in [0, 0.05) is 25.7 Å². The molecule has 0 saturated carbocycles. The zero-order valence-corrected chi connectivity index (χ0v) is 63.4. The van der Waals surface area contributed by atoms with Gasteiger partial charge in [-0.2, -0.15) is 0 Å². The molecule has 0 aromatic rings. The smallest absolute Gasteiger partial charge is 0.462 e. The van der Waals surface area contributed by atoms with Gasteiger partial charge in [0.05, 0.1) is 26.4 Å². The van der Waals surface area contributed by atoms with Crippen molar-refractivity contribution in [3.05, 3.63) is 0 Å². The Morgan fingerprint density at radius 2 is 0.511 bits per heavy atom. The van der Waals surface area contributed by atoms with E-state index in [1.165, 1.54) is 173 Å². The normalized spacial score (nSPS) is 14.4. The molecule has 0 amide bonds. The van der Waals surface area contributed by atoms with E-state index in [0.29, 0.717) is 31.6 Å². The highest BCUT2D eigenvalue weighted by Gasteiger charge is 2.30. The maximum absolute atomic E-state index is 13.1. The number of rotatable bonds is 72. The molecule has 0 aromatic carbocycles. The molecule has 0 fully saturated rings. The molecule has 558 valence electrons. The standard InChI is InChI=1S/C75H146O17P2/c1-9-68(8)54-46-38-30-22-16-12-10-11-13-17-23-32-41-49-57-74(79)91-70(61-85-72(77)55-47-39-31-25-19-21-28-36-44-52-66(4)5)63-89-93(81,82)87-59-69(76)60-88-94(83,84)90-64-71(62-86-73(78)56-48-40-34-26-29-37-45-53-67(6)7)92-75(80)58-50-42-33-24-18-14-15-20-27-35-43-51-65(2)3/h65-71,76H,9-64H2,1-8H3,(H,81,82)(H,83,84)/t68?,69?,70-,71-/m1/s1. The zero-order valence-electron chi connectivity index (χ0n) is 61.6. The van der Waals surface area contributed by atoms with E-state index in [2.05, 4.69) is 55.4 Å². The molecule has 6 atom stereocenters. The summed E-state index contributed by atoms with van der Waals surface area (Å²) in [6.45, 7) is 14.2. The number of hydrogen-bond acceptors (Lipinski definition) is 15.